The van der Waals surface area contributed by atoms with Crippen molar-refractivity contribution in [3.05, 3.63) is 82.9 Å². The molecule has 9 nitrogen and oxygen atoms in total. The molecule has 2 aromatic carbocycles. The van der Waals surface area contributed by atoms with Gasteiger partial charge in [-0.2, -0.15) is 0 Å². The van der Waals surface area contributed by atoms with E-state index in [9.17, 15) is 15.0 Å². The van der Waals surface area contributed by atoms with E-state index in [4.69, 9.17) is 9.16 Å². The van der Waals surface area contributed by atoms with E-state index in [0.29, 0.717) is 5.56 Å². The number of H-pyrrole nitrogens is 1. The number of nitrogens with one attached hydrogen (secondary N) is 1. The first-order valence-corrected chi connectivity index (χ1v) is 14.9. The van der Waals surface area contributed by atoms with Gasteiger partial charge < -0.3 is 24.3 Å². The molecule has 1 aliphatic heterocycles. The zero-order valence-electron chi connectivity index (χ0n) is 23.3. The molecule has 1 saturated heterocycles. The first-order valence-electron chi connectivity index (χ1n) is 13.0. The summed E-state index contributed by atoms with van der Waals surface area (Å²) in [5, 5.41) is 24.7. The van der Waals surface area contributed by atoms with Crippen LogP contribution >= 0.6 is 0 Å². The second kappa shape index (κ2) is 11.1. The van der Waals surface area contributed by atoms with Crippen molar-refractivity contribution in [1.82, 2.24) is 14.9 Å². The molecule has 0 amide bonds. The molecular weight excluding hydrogens is 512 g/mol. The summed E-state index contributed by atoms with van der Waals surface area (Å²) in [6, 6.07) is 20.4. The minimum atomic E-state index is -2.90. The molecule has 0 bridgehead atoms. The number of benzene rings is 2. The summed E-state index contributed by atoms with van der Waals surface area (Å²) < 4.78 is 13.2. The number of ether oxygens (including phenoxy) is 1. The van der Waals surface area contributed by atoms with Crippen LogP contribution in [-0.2, 0) is 9.16 Å². The summed E-state index contributed by atoms with van der Waals surface area (Å²) in [6.45, 7) is 8.07. The molecule has 0 aliphatic carbocycles. The second-order valence-electron chi connectivity index (χ2n) is 11.4. The number of hydrogen-bond acceptors (Lipinski definition) is 7. The standard InChI is InChI=1S/C29H38N4O5Si/c1-28(2,3)39(20-13-9-7-10-14-20,21-15-11-8-12-16-21)37-18-23-24(34)29(4,36)25(38-23)22-17-30-27(35)32-26(22)31-19-33(5)6/h7-17,19,23-25,34,36H,18H2,1-6H3,(H,30,32,35). The van der Waals surface area contributed by atoms with Crippen molar-refractivity contribution in [2.75, 3.05) is 20.7 Å². The van der Waals surface area contributed by atoms with Crippen molar-refractivity contribution in [2.45, 2.75) is 56.6 Å². The number of aromatic amines is 1. The summed E-state index contributed by atoms with van der Waals surface area (Å²) in [4.78, 5) is 24.4. The van der Waals surface area contributed by atoms with Gasteiger partial charge in [0.2, 0.25) is 0 Å². The topological polar surface area (TPSA) is 120 Å². The molecule has 4 unspecified atom stereocenters. The van der Waals surface area contributed by atoms with E-state index in [2.05, 4.69) is 60.0 Å². The molecule has 4 rings (SSSR count). The molecule has 4 atom stereocenters. The average molecular weight is 551 g/mol. The maximum atomic E-state index is 11.9. The first kappa shape index (κ1) is 28.8. The first-order chi connectivity index (χ1) is 18.4. The fourth-order valence-corrected chi connectivity index (χ4v) is 9.84. The molecule has 3 N–H and O–H groups in total. The highest BCUT2D eigenvalue weighted by atomic mass is 28.4. The van der Waals surface area contributed by atoms with Gasteiger partial charge in [0.25, 0.3) is 8.32 Å². The van der Waals surface area contributed by atoms with Gasteiger partial charge in [-0.1, -0.05) is 81.4 Å². The number of aliphatic hydroxyl groups is 2. The number of nitrogens with zero attached hydrogens (tertiary/aromatic N) is 3. The third-order valence-corrected chi connectivity index (χ3v) is 12.2. The Morgan fingerprint density at radius 1 is 1.13 bits per heavy atom. The molecule has 0 spiro atoms. The van der Waals surface area contributed by atoms with E-state index in [0.717, 1.165) is 10.4 Å². The molecule has 10 heteroatoms. The number of hydrogen-bond donors (Lipinski definition) is 3. The Balaban J connectivity index is 1.71. The van der Waals surface area contributed by atoms with Crippen LogP contribution in [-0.4, -0.2) is 78.2 Å². The van der Waals surface area contributed by atoms with E-state index in [1.54, 1.807) is 19.0 Å². The molecule has 0 radical (unpaired) electrons. The minimum absolute atomic E-state index is 0.0498. The van der Waals surface area contributed by atoms with Gasteiger partial charge in [0.05, 0.1) is 12.9 Å². The predicted octanol–water partition coefficient (Wildman–Crippen LogP) is 2.12. The zero-order chi connectivity index (χ0) is 28.4. The van der Waals surface area contributed by atoms with E-state index in [1.807, 2.05) is 36.4 Å². The Labute approximate surface area is 230 Å². The van der Waals surface area contributed by atoms with Crippen molar-refractivity contribution < 1.29 is 19.4 Å². The predicted molar refractivity (Wildman–Crippen MR) is 155 cm³/mol. The van der Waals surface area contributed by atoms with Crippen LogP contribution in [0, 0.1) is 0 Å². The summed E-state index contributed by atoms with van der Waals surface area (Å²) in [6.07, 6.45) is -0.252. The minimum Gasteiger partial charge on any atom is -0.405 e. The van der Waals surface area contributed by atoms with Gasteiger partial charge in [0.1, 0.15) is 29.7 Å². The molecular formula is C29H38N4O5Si. The van der Waals surface area contributed by atoms with E-state index >= 15 is 0 Å². The number of aliphatic imine (C=N–C) groups is 1. The maximum Gasteiger partial charge on any atom is 0.346 e. The van der Waals surface area contributed by atoms with Crippen LogP contribution in [0.3, 0.4) is 0 Å². The lowest BCUT2D eigenvalue weighted by Gasteiger charge is -2.43. The third kappa shape index (κ3) is 5.61. The normalized spacial score (nSPS) is 23.8. The van der Waals surface area contributed by atoms with Crippen molar-refractivity contribution in [1.29, 1.82) is 0 Å². The van der Waals surface area contributed by atoms with Crippen LogP contribution in [0.4, 0.5) is 5.82 Å². The Kier molecular flexibility index (Phi) is 8.24. The molecule has 1 fully saturated rings. The van der Waals surface area contributed by atoms with Gasteiger partial charge in [-0.05, 0) is 22.3 Å². The van der Waals surface area contributed by atoms with E-state index in [1.165, 1.54) is 19.5 Å². The summed E-state index contributed by atoms with van der Waals surface area (Å²) >= 11 is 0. The van der Waals surface area contributed by atoms with Gasteiger partial charge in [-0.25, -0.2) is 14.8 Å². The largest absolute Gasteiger partial charge is 0.405 e. The molecule has 3 aromatic rings. The fraction of sp³-hybridized carbons (Fsp3) is 0.414. The van der Waals surface area contributed by atoms with E-state index < -0.39 is 37.9 Å². The number of rotatable bonds is 8. The number of aliphatic hydroxyl groups excluding tert-OH is 1. The lowest BCUT2D eigenvalue weighted by Crippen LogP contribution is -2.67. The van der Waals surface area contributed by atoms with Gasteiger partial charge in [0, 0.05) is 25.9 Å². The van der Waals surface area contributed by atoms with Crippen molar-refractivity contribution in [3.8, 4) is 0 Å². The smallest absolute Gasteiger partial charge is 0.346 e. The zero-order valence-corrected chi connectivity index (χ0v) is 24.3. The summed E-state index contributed by atoms with van der Waals surface area (Å²) in [5.41, 5.74) is -1.90. The highest BCUT2D eigenvalue weighted by Gasteiger charge is 2.56. The lowest BCUT2D eigenvalue weighted by molar-refractivity contribution is -0.0645. The molecule has 0 saturated carbocycles. The molecule has 208 valence electrons. The SMILES string of the molecule is CN(C)C=Nc1[nH]c(=O)ncc1C1OC(CO[Si](c2ccccc2)(c2ccccc2)C(C)(C)C)C(O)C1(C)O. The van der Waals surface area contributed by atoms with Crippen LogP contribution in [0.2, 0.25) is 5.04 Å². The summed E-state index contributed by atoms with van der Waals surface area (Å²) in [7, 11) is 0.697. The van der Waals surface area contributed by atoms with Crippen molar-refractivity contribution >= 4 is 30.8 Å². The Morgan fingerprint density at radius 2 is 1.69 bits per heavy atom. The van der Waals surface area contributed by atoms with Gasteiger partial charge >= 0.3 is 5.69 Å². The van der Waals surface area contributed by atoms with Gasteiger partial charge in [-0.3, -0.25) is 4.98 Å². The van der Waals surface area contributed by atoms with Crippen LogP contribution in [0.25, 0.3) is 0 Å². The third-order valence-electron chi connectivity index (χ3n) is 7.19. The Morgan fingerprint density at radius 3 is 2.21 bits per heavy atom. The quantitative estimate of drug-likeness (QED) is 0.223. The van der Waals surface area contributed by atoms with Crippen LogP contribution in [0.1, 0.15) is 39.4 Å². The molecule has 1 aliphatic rings. The van der Waals surface area contributed by atoms with Crippen LogP contribution < -0.4 is 16.1 Å². The number of aromatic nitrogens is 2. The molecule has 39 heavy (non-hydrogen) atoms. The van der Waals surface area contributed by atoms with Gasteiger partial charge in [0.15, 0.2) is 0 Å². The lowest BCUT2D eigenvalue weighted by atomic mass is 9.89. The maximum absolute atomic E-state index is 11.9. The van der Waals surface area contributed by atoms with Crippen molar-refractivity contribution in [3.63, 3.8) is 0 Å². The fourth-order valence-electron chi connectivity index (χ4n) is 5.27. The second-order valence-corrected chi connectivity index (χ2v) is 15.7. The highest BCUT2D eigenvalue weighted by molar-refractivity contribution is 6.99. The van der Waals surface area contributed by atoms with E-state index in [-0.39, 0.29) is 17.5 Å². The van der Waals surface area contributed by atoms with Crippen molar-refractivity contribution in [2.24, 2.45) is 4.99 Å². The van der Waals surface area contributed by atoms with Gasteiger partial charge in [-0.15, -0.1) is 0 Å². The molecule has 1 aromatic heterocycles. The van der Waals surface area contributed by atoms with Crippen LogP contribution in [0.5, 0.6) is 0 Å². The summed E-state index contributed by atoms with van der Waals surface area (Å²) in [5.74, 6) is 0.203. The highest BCUT2D eigenvalue weighted by Crippen LogP contribution is 2.44. The monoisotopic (exact) mass is 550 g/mol. The Bertz CT molecular complexity index is 1300. The molecule has 2 heterocycles. The van der Waals surface area contributed by atoms with Crippen LogP contribution in [0.15, 0.2) is 76.6 Å². The average Bonchev–Trinajstić information content (AvgIpc) is 3.12. The Hall–Kier alpha value is -3.15.